The Morgan fingerprint density at radius 1 is 1.47 bits per heavy atom. The number of nitrogens with one attached hydrogen (secondary N) is 1. The molecule has 1 aromatic carbocycles. The highest BCUT2D eigenvalue weighted by molar-refractivity contribution is 7.99. The lowest BCUT2D eigenvalue weighted by Gasteiger charge is -2.27. The summed E-state index contributed by atoms with van der Waals surface area (Å²) in [7, 11) is 1.71. The van der Waals surface area contributed by atoms with Gasteiger partial charge in [-0.2, -0.15) is 0 Å². The molecule has 0 saturated carbocycles. The predicted octanol–water partition coefficient (Wildman–Crippen LogP) is 2.67. The van der Waals surface area contributed by atoms with E-state index in [4.69, 9.17) is 4.74 Å². The van der Waals surface area contributed by atoms with Gasteiger partial charge in [-0.15, -0.1) is 11.8 Å². The largest absolute Gasteiger partial charge is 0.497 e. The summed E-state index contributed by atoms with van der Waals surface area (Å²) in [5, 5.41) is 3.97. The Balaban J connectivity index is 2.08. The van der Waals surface area contributed by atoms with E-state index in [0.29, 0.717) is 5.37 Å². The van der Waals surface area contributed by atoms with E-state index in [0.717, 1.165) is 18.2 Å². The van der Waals surface area contributed by atoms with Crippen molar-refractivity contribution in [2.24, 2.45) is 5.92 Å². The van der Waals surface area contributed by atoms with Crippen molar-refractivity contribution in [1.82, 2.24) is 5.32 Å². The smallest absolute Gasteiger partial charge is 0.119 e. The van der Waals surface area contributed by atoms with Gasteiger partial charge in [-0.3, -0.25) is 0 Å². The van der Waals surface area contributed by atoms with Crippen LogP contribution in [0, 0.1) is 5.92 Å². The third kappa shape index (κ3) is 2.67. The van der Waals surface area contributed by atoms with Gasteiger partial charge in [0, 0.05) is 0 Å². The Morgan fingerprint density at radius 2 is 2.33 bits per heavy atom. The summed E-state index contributed by atoms with van der Waals surface area (Å²) in [6.45, 7) is 3.39. The monoisotopic (exact) mass is 223 g/mol. The van der Waals surface area contributed by atoms with E-state index in [9.17, 15) is 0 Å². The van der Waals surface area contributed by atoms with Crippen LogP contribution in [0.25, 0.3) is 0 Å². The van der Waals surface area contributed by atoms with Gasteiger partial charge >= 0.3 is 0 Å². The standard InChI is InChI=1S/C12H17NOS/c1-9-7-13-12(15-8-9)10-4-3-5-11(6-10)14-2/h3-6,9,12-13H,7-8H2,1-2H3. The molecule has 2 rings (SSSR count). The Labute approximate surface area is 95.4 Å². The van der Waals surface area contributed by atoms with Crippen molar-refractivity contribution in [3.05, 3.63) is 29.8 Å². The van der Waals surface area contributed by atoms with Crippen LogP contribution in [0.15, 0.2) is 24.3 Å². The van der Waals surface area contributed by atoms with Crippen LogP contribution in [-0.2, 0) is 0 Å². The molecular formula is C12H17NOS. The van der Waals surface area contributed by atoms with Gasteiger partial charge in [0.15, 0.2) is 0 Å². The van der Waals surface area contributed by atoms with Gasteiger partial charge in [-0.1, -0.05) is 19.1 Å². The summed E-state index contributed by atoms with van der Waals surface area (Å²) in [5.41, 5.74) is 1.31. The Hall–Kier alpha value is -0.670. The second-order valence-electron chi connectivity index (χ2n) is 4.00. The molecule has 1 fully saturated rings. The molecule has 2 nitrogen and oxygen atoms in total. The summed E-state index contributed by atoms with van der Waals surface area (Å²) in [5.74, 6) is 2.94. The Kier molecular flexibility index (Phi) is 3.54. The molecule has 0 amide bonds. The van der Waals surface area contributed by atoms with Crippen LogP contribution >= 0.6 is 11.8 Å². The number of benzene rings is 1. The normalized spacial score (nSPS) is 26.3. The van der Waals surface area contributed by atoms with Gasteiger partial charge in [-0.05, 0) is 35.9 Å². The van der Waals surface area contributed by atoms with Crippen molar-refractivity contribution in [3.63, 3.8) is 0 Å². The van der Waals surface area contributed by atoms with E-state index < -0.39 is 0 Å². The molecule has 0 radical (unpaired) electrons. The molecule has 1 N–H and O–H groups in total. The fourth-order valence-corrected chi connectivity index (χ4v) is 2.90. The maximum absolute atomic E-state index is 5.23. The lowest BCUT2D eigenvalue weighted by Crippen LogP contribution is -2.31. The van der Waals surface area contributed by atoms with Crippen LogP contribution in [0.4, 0.5) is 0 Å². The Morgan fingerprint density at radius 3 is 3.00 bits per heavy atom. The zero-order chi connectivity index (χ0) is 10.7. The molecule has 0 aliphatic carbocycles. The fraction of sp³-hybridized carbons (Fsp3) is 0.500. The highest BCUT2D eigenvalue weighted by atomic mass is 32.2. The third-order valence-corrected chi connectivity index (χ3v) is 4.13. The van der Waals surface area contributed by atoms with Gasteiger partial charge in [0.2, 0.25) is 0 Å². The molecule has 1 aliphatic rings. The number of ether oxygens (including phenoxy) is 1. The predicted molar refractivity (Wildman–Crippen MR) is 65.4 cm³/mol. The maximum Gasteiger partial charge on any atom is 0.119 e. The highest BCUT2D eigenvalue weighted by Crippen LogP contribution is 2.32. The number of hydrogen-bond acceptors (Lipinski definition) is 3. The maximum atomic E-state index is 5.23. The van der Waals surface area contributed by atoms with E-state index in [1.54, 1.807) is 7.11 Å². The SMILES string of the molecule is COc1cccc(C2NCC(C)CS2)c1. The molecule has 1 aromatic rings. The summed E-state index contributed by atoms with van der Waals surface area (Å²) in [6, 6.07) is 8.30. The average molecular weight is 223 g/mol. The lowest BCUT2D eigenvalue weighted by atomic mass is 10.1. The van der Waals surface area contributed by atoms with Gasteiger partial charge in [0.1, 0.15) is 5.75 Å². The van der Waals surface area contributed by atoms with Crippen molar-refractivity contribution < 1.29 is 4.74 Å². The molecule has 1 saturated heterocycles. The first-order chi connectivity index (χ1) is 7.29. The van der Waals surface area contributed by atoms with Gasteiger partial charge in [-0.25, -0.2) is 0 Å². The minimum absolute atomic E-state index is 0.427. The van der Waals surface area contributed by atoms with E-state index in [1.807, 2.05) is 17.8 Å². The summed E-state index contributed by atoms with van der Waals surface area (Å²) >= 11 is 1.98. The van der Waals surface area contributed by atoms with Crippen molar-refractivity contribution >= 4 is 11.8 Å². The van der Waals surface area contributed by atoms with Crippen LogP contribution < -0.4 is 10.1 Å². The second-order valence-corrected chi connectivity index (χ2v) is 5.14. The van der Waals surface area contributed by atoms with Crippen molar-refractivity contribution in [3.8, 4) is 5.75 Å². The van der Waals surface area contributed by atoms with Crippen molar-refractivity contribution in [2.45, 2.75) is 12.3 Å². The van der Waals surface area contributed by atoms with Gasteiger partial charge in [0.25, 0.3) is 0 Å². The number of hydrogen-bond donors (Lipinski definition) is 1. The van der Waals surface area contributed by atoms with Gasteiger partial charge in [0.05, 0.1) is 12.5 Å². The lowest BCUT2D eigenvalue weighted by molar-refractivity contribution is 0.413. The molecule has 2 atom stereocenters. The number of thioether (sulfide) groups is 1. The van der Waals surface area contributed by atoms with Crippen molar-refractivity contribution in [2.75, 3.05) is 19.4 Å². The Bertz CT molecular complexity index is 321. The number of rotatable bonds is 2. The van der Waals surface area contributed by atoms with Crippen LogP contribution in [0.3, 0.4) is 0 Å². The van der Waals surface area contributed by atoms with E-state index >= 15 is 0 Å². The first-order valence-electron chi connectivity index (χ1n) is 5.28. The molecule has 2 unspecified atom stereocenters. The first-order valence-corrected chi connectivity index (χ1v) is 6.33. The van der Waals surface area contributed by atoms with Crippen LogP contribution in [0.2, 0.25) is 0 Å². The molecule has 0 spiro atoms. The zero-order valence-corrected chi connectivity index (χ0v) is 10.0. The molecule has 82 valence electrons. The average Bonchev–Trinajstić information content (AvgIpc) is 2.30. The van der Waals surface area contributed by atoms with Gasteiger partial charge < -0.3 is 10.1 Å². The minimum atomic E-state index is 0.427. The van der Waals surface area contributed by atoms with E-state index in [1.165, 1.54) is 11.3 Å². The molecule has 15 heavy (non-hydrogen) atoms. The summed E-state index contributed by atoms with van der Waals surface area (Å²) in [6.07, 6.45) is 0. The van der Waals surface area contributed by atoms with Crippen molar-refractivity contribution in [1.29, 1.82) is 0 Å². The zero-order valence-electron chi connectivity index (χ0n) is 9.19. The molecule has 1 heterocycles. The third-order valence-electron chi connectivity index (χ3n) is 2.60. The fourth-order valence-electron chi connectivity index (χ4n) is 1.71. The van der Waals surface area contributed by atoms with E-state index in [-0.39, 0.29) is 0 Å². The molecule has 0 bridgehead atoms. The quantitative estimate of drug-likeness (QED) is 0.833. The molecule has 3 heteroatoms. The summed E-state index contributed by atoms with van der Waals surface area (Å²) < 4.78 is 5.23. The second kappa shape index (κ2) is 4.90. The number of methoxy groups -OCH3 is 1. The molecular weight excluding hydrogens is 206 g/mol. The molecule has 0 aromatic heterocycles. The van der Waals surface area contributed by atoms with Crippen LogP contribution in [0.1, 0.15) is 17.9 Å². The molecule has 1 aliphatic heterocycles. The first kappa shape index (κ1) is 10.8. The van der Waals surface area contributed by atoms with E-state index in [2.05, 4.69) is 30.4 Å². The highest BCUT2D eigenvalue weighted by Gasteiger charge is 2.19. The van der Waals surface area contributed by atoms with Crippen LogP contribution in [0.5, 0.6) is 5.75 Å². The van der Waals surface area contributed by atoms with Crippen LogP contribution in [-0.4, -0.2) is 19.4 Å². The minimum Gasteiger partial charge on any atom is -0.497 e. The topological polar surface area (TPSA) is 21.3 Å². The summed E-state index contributed by atoms with van der Waals surface area (Å²) in [4.78, 5) is 0.